The highest BCUT2D eigenvalue weighted by Gasteiger charge is 2.63. The molecule has 1 aromatic heterocycles. The Morgan fingerprint density at radius 2 is 1.83 bits per heavy atom. The Hall–Kier alpha value is -2.00. The van der Waals surface area contributed by atoms with Crippen molar-refractivity contribution in [2.24, 2.45) is 0 Å². The Labute approximate surface area is 129 Å². The predicted molar refractivity (Wildman–Crippen MR) is 71.5 cm³/mol. The van der Waals surface area contributed by atoms with E-state index in [1.165, 1.54) is 0 Å². The Kier molecular flexibility index (Phi) is 4.20. The van der Waals surface area contributed by atoms with Crippen LogP contribution in [0.4, 0.5) is 17.6 Å². The minimum absolute atomic E-state index is 0.377. The number of aliphatic hydroxyl groups is 2. The molecule has 0 radical (unpaired) electrons. The number of alkyl halides is 2. The third kappa shape index (κ3) is 2.93. The van der Waals surface area contributed by atoms with Crippen molar-refractivity contribution < 1.29 is 27.8 Å². The lowest BCUT2D eigenvalue weighted by Gasteiger charge is -2.42. The molecule has 2 rings (SSSR count). The Bertz CT molecular complexity index is 686. The number of aromatic nitrogens is 3. The van der Waals surface area contributed by atoms with Crippen molar-refractivity contribution >= 4 is 0 Å². The van der Waals surface area contributed by atoms with Gasteiger partial charge in [0.25, 0.3) is 0 Å². The van der Waals surface area contributed by atoms with Crippen LogP contribution in [0.15, 0.2) is 30.9 Å². The lowest BCUT2D eigenvalue weighted by Crippen LogP contribution is -2.60. The molecule has 0 aliphatic rings. The molecular formula is C14H15F4N3O2. The highest BCUT2D eigenvalue weighted by atomic mass is 19.3. The quantitative estimate of drug-likeness (QED) is 0.819. The SMILES string of the molecule is CC(C)(O)C(F)(F)C(O)(Cn1cncn1)c1ccc(F)cc1F. The summed E-state index contributed by atoms with van der Waals surface area (Å²) in [7, 11) is 0. The molecule has 9 heteroatoms. The summed E-state index contributed by atoms with van der Waals surface area (Å²) < 4.78 is 57.4. The van der Waals surface area contributed by atoms with Gasteiger partial charge in [0.15, 0.2) is 5.60 Å². The molecule has 0 amide bonds. The maximum Gasteiger partial charge on any atom is 0.309 e. The van der Waals surface area contributed by atoms with Crippen molar-refractivity contribution in [1.82, 2.24) is 14.8 Å². The van der Waals surface area contributed by atoms with E-state index in [4.69, 9.17) is 0 Å². The van der Waals surface area contributed by atoms with Gasteiger partial charge < -0.3 is 10.2 Å². The second-order valence-corrected chi connectivity index (χ2v) is 5.71. The average molecular weight is 333 g/mol. The van der Waals surface area contributed by atoms with E-state index in [1.807, 2.05) is 0 Å². The second-order valence-electron chi connectivity index (χ2n) is 5.71. The van der Waals surface area contributed by atoms with Crippen molar-refractivity contribution in [2.75, 3.05) is 0 Å². The van der Waals surface area contributed by atoms with Crippen molar-refractivity contribution in [1.29, 1.82) is 0 Å². The molecule has 1 aromatic carbocycles. The van der Waals surface area contributed by atoms with E-state index in [0.717, 1.165) is 37.3 Å². The van der Waals surface area contributed by atoms with Gasteiger partial charge in [0, 0.05) is 11.6 Å². The third-order valence-corrected chi connectivity index (χ3v) is 3.52. The topological polar surface area (TPSA) is 71.2 Å². The van der Waals surface area contributed by atoms with E-state index < -0.39 is 40.9 Å². The third-order valence-electron chi connectivity index (χ3n) is 3.52. The first-order chi connectivity index (χ1) is 10.5. The lowest BCUT2D eigenvalue weighted by molar-refractivity contribution is -0.274. The molecule has 0 saturated carbocycles. The maximum absolute atomic E-state index is 14.7. The normalized spacial score (nSPS) is 15.5. The predicted octanol–water partition coefficient (Wildman–Crippen LogP) is 1.85. The van der Waals surface area contributed by atoms with Crippen LogP contribution in [0.25, 0.3) is 0 Å². The fourth-order valence-electron chi connectivity index (χ4n) is 2.23. The van der Waals surface area contributed by atoms with E-state index in [2.05, 4.69) is 10.1 Å². The minimum atomic E-state index is -4.19. The molecule has 0 spiro atoms. The summed E-state index contributed by atoms with van der Waals surface area (Å²) >= 11 is 0. The molecule has 0 saturated heterocycles. The van der Waals surface area contributed by atoms with Gasteiger partial charge in [-0.2, -0.15) is 13.9 Å². The Morgan fingerprint density at radius 1 is 1.17 bits per heavy atom. The average Bonchev–Trinajstić information content (AvgIpc) is 2.89. The summed E-state index contributed by atoms with van der Waals surface area (Å²) in [4.78, 5) is 3.56. The molecule has 0 fully saturated rings. The first kappa shape index (κ1) is 17.4. The van der Waals surface area contributed by atoms with E-state index >= 15 is 0 Å². The van der Waals surface area contributed by atoms with Crippen LogP contribution in [-0.2, 0) is 12.1 Å². The minimum Gasteiger partial charge on any atom is -0.384 e. The zero-order chi connectivity index (χ0) is 17.5. The molecule has 23 heavy (non-hydrogen) atoms. The lowest BCUT2D eigenvalue weighted by atomic mass is 9.79. The molecule has 0 bridgehead atoms. The number of halogens is 4. The van der Waals surface area contributed by atoms with Crippen LogP contribution < -0.4 is 0 Å². The van der Waals surface area contributed by atoms with Crippen molar-refractivity contribution in [3.63, 3.8) is 0 Å². The van der Waals surface area contributed by atoms with E-state index in [1.54, 1.807) is 0 Å². The largest absolute Gasteiger partial charge is 0.384 e. The Balaban J connectivity index is 2.64. The van der Waals surface area contributed by atoms with Crippen LogP contribution in [0.5, 0.6) is 0 Å². The number of nitrogens with zero attached hydrogens (tertiary/aromatic N) is 3. The van der Waals surface area contributed by atoms with Crippen LogP contribution in [0.3, 0.4) is 0 Å². The second kappa shape index (κ2) is 5.57. The fraction of sp³-hybridized carbons (Fsp3) is 0.429. The highest BCUT2D eigenvalue weighted by molar-refractivity contribution is 5.29. The van der Waals surface area contributed by atoms with Gasteiger partial charge >= 0.3 is 5.92 Å². The van der Waals surface area contributed by atoms with Crippen molar-refractivity contribution in [3.8, 4) is 0 Å². The number of benzene rings is 1. The standard InChI is InChI=1S/C14H15F4N3O2/c1-12(2,22)14(17,18)13(23,6-21-8-19-7-20-21)10-4-3-9(15)5-11(10)16/h3-5,7-8,22-23H,6H2,1-2H3. The van der Waals surface area contributed by atoms with Gasteiger partial charge in [0.1, 0.15) is 29.9 Å². The summed E-state index contributed by atoms with van der Waals surface area (Å²) in [6.07, 6.45) is 2.09. The summed E-state index contributed by atoms with van der Waals surface area (Å²) in [6, 6.07) is 1.83. The van der Waals surface area contributed by atoms with Crippen LogP contribution >= 0.6 is 0 Å². The zero-order valence-electron chi connectivity index (χ0n) is 12.3. The van der Waals surface area contributed by atoms with E-state index in [-0.39, 0.29) is 0 Å². The van der Waals surface area contributed by atoms with Crippen molar-refractivity contribution in [3.05, 3.63) is 48.1 Å². The van der Waals surface area contributed by atoms with Gasteiger partial charge in [-0.15, -0.1) is 0 Å². The van der Waals surface area contributed by atoms with Gasteiger partial charge in [0.2, 0.25) is 0 Å². The molecule has 5 nitrogen and oxygen atoms in total. The first-order valence-electron chi connectivity index (χ1n) is 6.59. The van der Waals surface area contributed by atoms with Crippen LogP contribution in [-0.4, -0.2) is 36.5 Å². The summed E-state index contributed by atoms with van der Waals surface area (Å²) in [6.45, 7) is 0.661. The molecule has 0 aliphatic carbocycles. The van der Waals surface area contributed by atoms with Gasteiger partial charge in [0.05, 0.1) is 6.54 Å². The number of hydrogen-bond donors (Lipinski definition) is 2. The molecule has 126 valence electrons. The summed E-state index contributed by atoms with van der Waals surface area (Å²) in [5.41, 5.74) is -6.73. The smallest absolute Gasteiger partial charge is 0.309 e. The molecule has 2 aromatic rings. The summed E-state index contributed by atoms with van der Waals surface area (Å²) in [5, 5.41) is 24.0. The molecule has 1 heterocycles. The van der Waals surface area contributed by atoms with Crippen molar-refractivity contribution in [2.45, 2.75) is 37.5 Å². The van der Waals surface area contributed by atoms with Crippen LogP contribution in [0.1, 0.15) is 19.4 Å². The van der Waals surface area contributed by atoms with Gasteiger partial charge in [-0.25, -0.2) is 18.4 Å². The Morgan fingerprint density at radius 3 is 2.30 bits per heavy atom. The molecule has 0 aliphatic heterocycles. The van der Waals surface area contributed by atoms with Gasteiger partial charge in [-0.05, 0) is 26.0 Å². The van der Waals surface area contributed by atoms with Crippen LogP contribution in [0, 0.1) is 11.6 Å². The molecule has 1 atom stereocenters. The van der Waals surface area contributed by atoms with E-state index in [9.17, 15) is 27.8 Å². The number of hydrogen-bond acceptors (Lipinski definition) is 4. The van der Waals surface area contributed by atoms with E-state index in [0.29, 0.717) is 12.1 Å². The monoisotopic (exact) mass is 333 g/mol. The van der Waals surface area contributed by atoms with Crippen LogP contribution in [0.2, 0.25) is 0 Å². The van der Waals surface area contributed by atoms with Gasteiger partial charge in [-0.1, -0.05) is 0 Å². The molecular weight excluding hydrogens is 318 g/mol. The highest BCUT2D eigenvalue weighted by Crippen LogP contribution is 2.46. The molecule has 2 N–H and O–H groups in total. The van der Waals surface area contributed by atoms with Gasteiger partial charge in [-0.3, -0.25) is 0 Å². The molecule has 1 unspecified atom stereocenters. The maximum atomic E-state index is 14.7. The number of rotatable bonds is 5. The first-order valence-corrected chi connectivity index (χ1v) is 6.59. The summed E-state index contributed by atoms with van der Waals surface area (Å²) in [5.74, 6) is -6.54. The fourth-order valence-corrected chi connectivity index (χ4v) is 2.23. The zero-order valence-corrected chi connectivity index (χ0v) is 12.3.